The second kappa shape index (κ2) is 8.11. The number of carbonyl (C=O) groups excluding carboxylic acids is 3. The Morgan fingerprint density at radius 1 is 1.36 bits per heavy atom. The highest BCUT2D eigenvalue weighted by Crippen LogP contribution is 2.18. The lowest BCUT2D eigenvalue weighted by atomic mass is 9.98. The summed E-state index contributed by atoms with van der Waals surface area (Å²) in [6.45, 7) is 3.99. The molecule has 2 amide bonds. The molecule has 7 heteroatoms. The number of hydrogen-bond donors (Lipinski definition) is 2. The Labute approximate surface area is 147 Å². The lowest BCUT2D eigenvalue weighted by Crippen LogP contribution is -2.52. The van der Waals surface area contributed by atoms with Crippen molar-refractivity contribution in [3.63, 3.8) is 0 Å². The first-order valence-corrected chi connectivity index (χ1v) is 8.33. The van der Waals surface area contributed by atoms with E-state index in [2.05, 4.69) is 10.6 Å². The van der Waals surface area contributed by atoms with Crippen molar-refractivity contribution in [2.24, 2.45) is 0 Å². The molecule has 7 nitrogen and oxygen atoms in total. The van der Waals surface area contributed by atoms with Crippen molar-refractivity contribution in [3.8, 4) is 0 Å². The Morgan fingerprint density at radius 2 is 2.12 bits per heavy atom. The van der Waals surface area contributed by atoms with Crippen LogP contribution in [-0.4, -0.2) is 43.1 Å². The third kappa shape index (κ3) is 4.57. The molecular formula is C18H24N2O5. The predicted octanol–water partition coefficient (Wildman–Crippen LogP) is 1.88. The van der Waals surface area contributed by atoms with E-state index >= 15 is 0 Å². The van der Waals surface area contributed by atoms with Gasteiger partial charge in [-0.3, -0.25) is 9.59 Å². The maximum absolute atomic E-state index is 12.5. The molecule has 1 heterocycles. The summed E-state index contributed by atoms with van der Waals surface area (Å²) in [5.41, 5.74) is -0.263. The number of ether oxygens (including phenoxy) is 2. The lowest BCUT2D eigenvalue weighted by Gasteiger charge is -2.26. The van der Waals surface area contributed by atoms with Gasteiger partial charge in [0.05, 0.1) is 7.11 Å². The Balaban J connectivity index is 2.08. The van der Waals surface area contributed by atoms with Crippen LogP contribution in [0, 0.1) is 0 Å². The molecule has 0 radical (unpaired) electrons. The van der Waals surface area contributed by atoms with E-state index < -0.39 is 23.5 Å². The first-order valence-electron chi connectivity index (χ1n) is 8.33. The number of carbonyl (C=O) groups is 3. The van der Waals surface area contributed by atoms with Gasteiger partial charge in [-0.15, -0.1) is 0 Å². The maximum atomic E-state index is 12.5. The quantitative estimate of drug-likeness (QED) is 0.766. The zero-order valence-electron chi connectivity index (χ0n) is 14.8. The van der Waals surface area contributed by atoms with Gasteiger partial charge in [0.15, 0.2) is 0 Å². The third-order valence-corrected chi connectivity index (χ3v) is 4.35. The SMILES string of the molecule is CC[C@](C)(NC(=O)c1cccc(NC(=O)[C@@H]2CCCO2)c1)C(=O)OC. The molecule has 1 aliphatic rings. The van der Waals surface area contributed by atoms with E-state index in [9.17, 15) is 14.4 Å². The van der Waals surface area contributed by atoms with E-state index in [1.165, 1.54) is 7.11 Å². The summed E-state index contributed by atoms with van der Waals surface area (Å²) in [5.74, 6) is -1.14. The summed E-state index contributed by atoms with van der Waals surface area (Å²) in [7, 11) is 1.28. The van der Waals surface area contributed by atoms with Gasteiger partial charge < -0.3 is 20.1 Å². The molecule has 1 aliphatic heterocycles. The number of anilines is 1. The van der Waals surface area contributed by atoms with Crippen LogP contribution in [0.1, 0.15) is 43.5 Å². The van der Waals surface area contributed by atoms with Crippen molar-refractivity contribution >= 4 is 23.5 Å². The van der Waals surface area contributed by atoms with Crippen LogP contribution in [0.3, 0.4) is 0 Å². The van der Waals surface area contributed by atoms with E-state index in [4.69, 9.17) is 9.47 Å². The summed E-state index contributed by atoms with van der Waals surface area (Å²) in [5, 5.41) is 5.45. The first-order chi connectivity index (χ1) is 11.9. The van der Waals surface area contributed by atoms with Gasteiger partial charge in [-0.2, -0.15) is 0 Å². The fourth-order valence-electron chi connectivity index (χ4n) is 2.58. The average Bonchev–Trinajstić information content (AvgIpc) is 3.15. The minimum absolute atomic E-state index is 0.219. The monoisotopic (exact) mass is 348 g/mol. The fourth-order valence-corrected chi connectivity index (χ4v) is 2.58. The highest BCUT2D eigenvalue weighted by Gasteiger charge is 2.34. The molecule has 0 unspecified atom stereocenters. The van der Waals surface area contributed by atoms with Crippen molar-refractivity contribution in [3.05, 3.63) is 29.8 Å². The molecule has 2 rings (SSSR count). The van der Waals surface area contributed by atoms with Gasteiger partial charge in [0.2, 0.25) is 0 Å². The van der Waals surface area contributed by atoms with Gasteiger partial charge in [0, 0.05) is 17.9 Å². The number of hydrogen-bond acceptors (Lipinski definition) is 5. The summed E-state index contributed by atoms with van der Waals surface area (Å²) < 4.78 is 10.1. The molecule has 0 saturated carbocycles. The molecule has 0 bridgehead atoms. The fraction of sp³-hybridized carbons (Fsp3) is 0.500. The third-order valence-electron chi connectivity index (χ3n) is 4.35. The van der Waals surface area contributed by atoms with Crippen LogP contribution >= 0.6 is 0 Å². The smallest absolute Gasteiger partial charge is 0.331 e. The topological polar surface area (TPSA) is 93.7 Å². The highest BCUT2D eigenvalue weighted by molar-refractivity contribution is 6.00. The molecule has 0 aromatic heterocycles. The zero-order valence-corrected chi connectivity index (χ0v) is 14.8. The van der Waals surface area contributed by atoms with E-state index in [0.717, 1.165) is 6.42 Å². The molecule has 0 spiro atoms. The number of benzene rings is 1. The lowest BCUT2D eigenvalue weighted by molar-refractivity contribution is -0.147. The van der Waals surface area contributed by atoms with Crippen LogP contribution in [-0.2, 0) is 19.1 Å². The Kier molecular flexibility index (Phi) is 6.14. The van der Waals surface area contributed by atoms with Crippen LogP contribution in [0.25, 0.3) is 0 Å². The Bertz CT molecular complexity index is 655. The zero-order chi connectivity index (χ0) is 18.4. The number of esters is 1. The molecule has 1 fully saturated rings. The van der Waals surface area contributed by atoms with Crippen molar-refractivity contribution in [2.75, 3.05) is 19.0 Å². The number of nitrogens with one attached hydrogen (secondary N) is 2. The van der Waals surface area contributed by atoms with Crippen molar-refractivity contribution in [2.45, 2.75) is 44.8 Å². The van der Waals surface area contributed by atoms with E-state index in [0.29, 0.717) is 30.7 Å². The van der Waals surface area contributed by atoms with Crippen LogP contribution in [0.2, 0.25) is 0 Å². The second-order valence-corrected chi connectivity index (χ2v) is 6.20. The van der Waals surface area contributed by atoms with Gasteiger partial charge >= 0.3 is 5.97 Å². The minimum Gasteiger partial charge on any atom is -0.467 e. The molecule has 2 N–H and O–H groups in total. The molecule has 2 atom stereocenters. The molecule has 1 aromatic carbocycles. The van der Waals surface area contributed by atoms with Crippen molar-refractivity contribution in [1.82, 2.24) is 5.32 Å². The van der Waals surface area contributed by atoms with Crippen LogP contribution < -0.4 is 10.6 Å². The molecule has 1 saturated heterocycles. The highest BCUT2D eigenvalue weighted by atomic mass is 16.5. The van der Waals surface area contributed by atoms with Crippen LogP contribution in [0.15, 0.2) is 24.3 Å². The van der Waals surface area contributed by atoms with Gasteiger partial charge in [-0.05, 0) is 44.4 Å². The van der Waals surface area contributed by atoms with Gasteiger partial charge in [0.25, 0.3) is 11.8 Å². The average molecular weight is 348 g/mol. The van der Waals surface area contributed by atoms with E-state index in [-0.39, 0.29) is 5.91 Å². The standard InChI is InChI=1S/C18H24N2O5/c1-4-18(2,17(23)24-3)20-15(21)12-7-5-8-13(11-12)19-16(22)14-9-6-10-25-14/h5,7-8,11,14H,4,6,9-10H2,1-3H3,(H,19,22)(H,20,21)/t14-,18-/m0/s1. The van der Waals surface area contributed by atoms with Crippen molar-refractivity contribution < 1.29 is 23.9 Å². The largest absolute Gasteiger partial charge is 0.467 e. The minimum atomic E-state index is -1.11. The normalized spacial score (nSPS) is 18.9. The summed E-state index contributed by atoms with van der Waals surface area (Å²) in [4.78, 5) is 36.5. The molecule has 0 aliphatic carbocycles. The van der Waals surface area contributed by atoms with Gasteiger partial charge in [-0.25, -0.2) is 4.79 Å². The summed E-state index contributed by atoms with van der Waals surface area (Å²) in [6.07, 6.45) is 1.50. The van der Waals surface area contributed by atoms with Crippen LogP contribution in [0.5, 0.6) is 0 Å². The summed E-state index contributed by atoms with van der Waals surface area (Å²) in [6, 6.07) is 6.55. The van der Waals surface area contributed by atoms with Gasteiger partial charge in [-0.1, -0.05) is 13.0 Å². The molecular weight excluding hydrogens is 324 g/mol. The Morgan fingerprint density at radius 3 is 2.72 bits per heavy atom. The number of rotatable bonds is 6. The summed E-state index contributed by atoms with van der Waals surface area (Å²) >= 11 is 0. The molecule has 25 heavy (non-hydrogen) atoms. The maximum Gasteiger partial charge on any atom is 0.331 e. The van der Waals surface area contributed by atoms with E-state index in [1.807, 2.05) is 0 Å². The van der Waals surface area contributed by atoms with Crippen molar-refractivity contribution in [1.29, 1.82) is 0 Å². The molecule has 1 aromatic rings. The molecule has 136 valence electrons. The Hall–Kier alpha value is -2.41. The van der Waals surface area contributed by atoms with Crippen LogP contribution in [0.4, 0.5) is 5.69 Å². The number of methoxy groups -OCH3 is 1. The first kappa shape index (κ1) is 18.9. The number of amides is 2. The second-order valence-electron chi connectivity index (χ2n) is 6.20. The van der Waals surface area contributed by atoms with E-state index in [1.54, 1.807) is 38.1 Å². The van der Waals surface area contributed by atoms with Gasteiger partial charge in [0.1, 0.15) is 11.6 Å². The predicted molar refractivity (Wildman–Crippen MR) is 92.2 cm³/mol.